The van der Waals surface area contributed by atoms with E-state index in [1.54, 1.807) is 12.4 Å². The Labute approximate surface area is 168 Å². The van der Waals surface area contributed by atoms with Gasteiger partial charge in [-0.15, -0.1) is 0 Å². The maximum absolute atomic E-state index is 14.0. The average molecular weight is 390 g/mol. The van der Waals surface area contributed by atoms with Crippen LogP contribution in [0.5, 0.6) is 5.75 Å². The van der Waals surface area contributed by atoms with Gasteiger partial charge < -0.3 is 10.1 Å². The zero-order valence-electron chi connectivity index (χ0n) is 15.7. The molecule has 0 unspecified atom stereocenters. The van der Waals surface area contributed by atoms with Gasteiger partial charge >= 0.3 is 0 Å². The number of nitrogens with one attached hydrogen (secondary N) is 1. The molecule has 29 heavy (non-hydrogen) atoms. The number of aromatic nitrogens is 1. The number of benzene rings is 3. The number of pyridine rings is 1. The minimum atomic E-state index is -0.597. The SMILES string of the molecule is Fc1ccc(-c2cncc(CNCCOc3ccc4ccccc4c3)c2)c(F)c1. The quantitative estimate of drug-likeness (QED) is 0.432. The van der Waals surface area contributed by atoms with E-state index in [9.17, 15) is 8.78 Å². The highest BCUT2D eigenvalue weighted by Crippen LogP contribution is 2.23. The summed E-state index contributed by atoms with van der Waals surface area (Å²) in [4.78, 5) is 4.17. The number of nitrogens with zero attached hydrogens (tertiary/aromatic N) is 1. The van der Waals surface area contributed by atoms with Crippen LogP contribution >= 0.6 is 0 Å². The van der Waals surface area contributed by atoms with Crippen LogP contribution in [0, 0.1) is 11.6 Å². The third kappa shape index (κ3) is 4.76. The zero-order chi connectivity index (χ0) is 20.1. The van der Waals surface area contributed by atoms with Gasteiger partial charge in [-0.05, 0) is 46.7 Å². The summed E-state index contributed by atoms with van der Waals surface area (Å²) in [6.07, 6.45) is 3.30. The van der Waals surface area contributed by atoms with E-state index in [1.165, 1.54) is 17.5 Å². The highest BCUT2D eigenvalue weighted by molar-refractivity contribution is 5.83. The minimum absolute atomic E-state index is 0.334. The molecule has 0 radical (unpaired) electrons. The number of ether oxygens (including phenoxy) is 1. The summed E-state index contributed by atoms with van der Waals surface area (Å²) in [7, 11) is 0. The molecule has 0 bridgehead atoms. The first-order valence-corrected chi connectivity index (χ1v) is 9.41. The summed E-state index contributed by atoms with van der Waals surface area (Å²) in [6, 6.07) is 19.6. The Bertz CT molecular complexity index is 1130. The fourth-order valence-corrected chi connectivity index (χ4v) is 3.19. The van der Waals surface area contributed by atoms with Gasteiger partial charge in [-0.25, -0.2) is 8.78 Å². The van der Waals surface area contributed by atoms with E-state index in [0.717, 1.165) is 22.8 Å². The van der Waals surface area contributed by atoms with Crippen molar-refractivity contribution in [2.75, 3.05) is 13.2 Å². The lowest BCUT2D eigenvalue weighted by Crippen LogP contribution is -2.20. The number of fused-ring (bicyclic) bond motifs is 1. The Morgan fingerprint density at radius 3 is 2.59 bits per heavy atom. The first-order chi connectivity index (χ1) is 14.2. The van der Waals surface area contributed by atoms with Gasteiger partial charge in [-0.2, -0.15) is 0 Å². The Hall–Kier alpha value is -3.31. The maximum atomic E-state index is 14.0. The van der Waals surface area contributed by atoms with Crippen molar-refractivity contribution in [3.05, 3.63) is 96.3 Å². The second kappa shape index (κ2) is 8.80. The van der Waals surface area contributed by atoms with Gasteiger partial charge in [0.15, 0.2) is 0 Å². The molecule has 0 spiro atoms. The molecule has 0 amide bonds. The lowest BCUT2D eigenvalue weighted by atomic mass is 10.1. The van der Waals surface area contributed by atoms with Gasteiger partial charge in [0.05, 0.1) is 0 Å². The first-order valence-electron chi connectivity index (χ1n) is 9.41. The molecular formula is C24H20F2N2O. The molecule has 5 heteroatoms. The molecule has 146 valence electrons. The molecule has 3 nitrogen and oxygen atoms in total. The van der Waals surface area contributed by atoms with Gasteiger partial charge in [0.1, 0.15) is 24.0 Å². The molecule has 3 aromatic carbocycles. The molecule has 0 aliphatic heterocycles. The molecule has 1 aromatic heterocycles. The van der Waals surface area contributed by atoms with Crippen LogP contribution in [-0.2, 0) is 6.54 Å². The average Bonchev–Trinajstić information content (AvgIpc) is 2.73. The van der Waals surface area contributed by atoms with Crippen LogP contribution in [0.1, 0.15) is 5.56 Å². The topological polar surface area (TPSA) is 34.2 Å². The number of hydrogen-bond acceptors (Lipinski definition) is 3. The second-order valence-electron chi connectivity index (χ2n) is 6.74. The predicted molar refractivity (Wildman–Crippen MR) is 111 cm³/mol. The number of hydrogen-bond donors (Lipinski definition) is 1. The molecule has 4 aromatic rings. The van der Waals surface area contributed by atoms with Crippen LogP contribution in [0.2, 0.25) is 0 Å². The Morgan fingerprint density at radius 2 is 1.72 bits per heavy atom. The molecule has 0 atom stereocenters. The summed E-state index contributed by atoms with van der Waals surface area (Å²) >= 11 is 0. The predicted octanol–water partition coefficient (Wildman–Crippen LogP) is 5.35. The molecule has 1 heterocycles. The highest BCUT2D eigenvalue weighted by atomic mass is 19.1. The standard InChI is InChI=1S/C24H20F2N2O/c25-21-6-8-23(24(26)13-21)20-11-17(15-28-16-20)14-27-9-10-29-22-7-5-18-3-1-2-4-19(18)12-22/h1-8,11-13,15-16,27H,9-10,14H2. The van der Waals surface area contributed by atoms with E-state index in [-0.39, 0.29) is 0 Å². The normalized spacial score (nSPS) is 11.0. The lowest BCUT2D eigenvalue weighted by molar-refractivity contribution is 0.314. The Morgan fingerprint density at radius 1 is 0.862 bits per heavy atom. The van der Waals surface area contributed by atoms with Gasteiger partial charge in [0, 0.05) is 42.7 Å². The van der Waals surface area contributed by atoms with Crippen molar-refractivity contribution in [3.63, 3.8) is 0 Å². The van der Waals surface area contributed by atoms with Crippen LogP contribution < -0.4 is 10.1 Å². The van der Waals surface area contributed by atoms with E-state index in [1.807, 2.05) is 36.4 Å². The van der Waals surface area contributed by atoms with Crippen molar-refractivity contribution >= 4 is 10.8 Å². The summed E-state index contributed by atoms with van der Waals surface area (Å²) in [6.45, 7) is 1.75. The molecule has 0 aliphatic rings. The summed E-state index contributed by atoms with van der Waals surface area (Å²) in [5.41, 5.74) is 1.87. The van der Waals surface area contributed by atoms with Crippen molar-refractivity contribution in [1.29, 1.82) is 0 Å². The van der Waals surface area contributed by atoms with Crippen LogP contribution in [0.15, 0.2) is 79.1 Å². The van der Waals surface area contributed by atoms with Gasteiger partial charge in [-0.3, -0.25) is 4.98 Å². The van der Waals surface area contributed by atoms with E-state index < -0.39 is 11.6 Å². The van der Waals surface area contributed by atoms with Crippen LogP contribution in [0.25, 0.3) is 21.9 Å². The molecule has 0 saturated carbocycles. The number of rotatable bonds is 7. The zero-order valence-corrected chi connectivity index (χ0v) is 15.7. The number of halogens is 2. The lowest BCUT2D eigenvalue weighted by Gasteiger charge is -2.09. The van der Waals surface area contributed by atoms with Gasteiger partial charge in [-0.1, -0.05) is 30.3 Å². The van der Waals surface area contributed by atoms with Gasteiger partial charge in [0.2, 0.25) is 0 Å². The minimum Gasteiger partial charge on any atom is -0.492 e. The third-order valence-electron chi connectivity index (χ3n) is 4.63. The molecule has 1 N–H and O–H groups in total. The fraction of sp³-hybridized carbons (Fsp3) is 0.125. The van der Waals surface area contributed by atoms with Crippen LogP contribution in [0.4, 0.5) is 8.78 Å². The Balaban J connectivity index is 1.30. The molecule has 0 aliphatic carbocycles. The van der Waals surface area contributed by atoms with Crippen LogP contribution in [-0.4, -0.2) is 18.1 Å². The summed E-state index contributed by atoms with van der Waals surface area (Å²) < 4.78 is 32.9. The second-order valence-corrected chi connectivity index (χ2v) is 6.74. The van der Waals surface area contributed by atoms with Crippen molar-refractivity contribution in [2.45, 2.75) is 6.54 Å². The van der Waals surface area contributed by atoms with Crippen molar-refractivity contribution < 1.29 is 13.5 Å². The smallest absolute Gasteiger partial charge is 0.133 e. The van der Waals surface area contributed by atoms with E-state index in [0.29, 0.717) is 30.8 Å². The van der Waals surface area contributed by atoms with Gasteiger partial charge in [0.25, 0.3) is 0 Å². The summed E-state index contributed by atoms with van der Waals surface area (Å²) in [5.74, 6) is -0.356. The first kappa shape index (κ1) is 19.0. The maximum Gasteiger partial charge on any atom is 0.133 e. The van der Waals surface area contributed by atoms with Crippen molar-refractivity contribution in [3.8, 4) is 16.9 Å². The van der Waals surface area contributed by atoms with E-state index >= 15 is 0 Å². The Kier molecular flexibility index (Phi) is 5.77. The van der Waals surface area contributed by atoms with Crippen LogP contribution in [0.3, 0.4) is 0 Å². The third-order valence-corrected chi connectivity index (χ3v) is 4.63. The molecule has 4 rings (SSSR count). The van der Waals surface area contributed by atoms with Crippen molar-refractivity contribution in [1.82, 2.24) is 10.3 Å². The van der Waals surface area contributed by atoms with E-state index in [4.69, 9.17) is 4.74 Å². The molecule has 0 saturated heterocycles. The molecule has 0 fully saturated rings. The fourth-order valence-electron chi connectivity index (χ4n) is 3.19. The molecular weight excluding hydrogens is 370 g/mol. The highest BCUT2D eigenvalue weighted by Gasteiger charge is 2.07. The van der Waals surface area contributed by atoms with Crippen molar-refractivity contribution in [2.24, 2.45) is 0 Å². The summed E-state index contributed by atoms with van der Waals surface area (Å²) in [5, 5.41) is 5.62. The largest absolute Gasteiger partial charge is 0.492 e. The van der Waals surface area contributed by atoms with E-state index in [2.05, 4.69) is 22.4 Å². The monoisotopic (exact) mass is 390 g/mol.